The lowest BCUT2D eigenvalue weighted by atomic mass is 9.90. The molecule has 1 amide bonds. The van der Waals surface area contributed by atoms with Gasteiger partial charge in [0.15, 0.2) is 0 Å². The lowest BCUT2D eigenvalue weighted by molar-refractivity contribution is -0.119. The fraction of sp³-hybridized carbons (Fsp3) is 0.520. The molecule has 1 aromatic carbocycles. The molecule has 2 N–H and O–H groups in total. The molecule has 6 rings (SSSR count). The van der Waals surface area contributed by atoms with E-state index in [2.05, 4.69) is 58.3 Å². The van der Waals surface area contributed by atoms with Crippen molar-refractivity contribution in [3.63, 3.8) is 0 Å². The van der Waals surface area contributed by atoms with Crippen LogP contribution in [-0.4, -0.2) is 48.2 Å². The monoisotopic (exact) mass is 433 g/mol. The van der Waals surface area contributed by atoms with Crippen LogP contribution in [0.1, 0.15) is 61.7 Å². The maximum atomic E-state index is 11.7. The molecule has 2 aliphatic carbocycles. The Hall–Kier alpha value is -2.80. The highest BCUT2D eigenvalue weighted by Crippen LogP contribution is 2.45. The molecule has 1 aromatic heterocycles. The van der Waals surface area contributed by atoms with Crippen molar-refractivity contribution in [1.29, 1.82) is 0 Å². The van der Waals surface area contributed by atoms with Crippen LogP contribution in [0.25, 0.3) is 11.6 Å². The minimum absolute atomic E-state index is 0.00699. The third-order valence-electron chi connectivity index (χ3n) is 7.42. The minimum atomic E-state index is -0.0505. The van der Waals surface area contributed by atoms with E-state index in [0.29, 0.717) is 19.0 Å². The molecule has 1 unspecified atom stereocenters. The van der Waals surface area contributed by atoms with Crippen molar-refractivity contribution in [2.24, 2.45) is 5.92 Å². The van der Waals surface area contributed by atoms with Gasteiger partial charge >= 0.3 is 0 Å². The van der Waals surface area contributed by atoms with Crippen molar-refractivity contribution in [1.82, 2.24) is 14.9 Å². The second-order valence-corrected chi connectivity index (χ2v) is 9.71. The predicted octanol–water partition coefficient (Wildman–Crippen LogP) is 3.61. The molecule has 168 valence electrons. The van der Waals surface area contributed by atoms with Crippen LogP contribution < -0.4 is 15.5 Å². The summed E-state index contributed by atoms with van der Waals surface area (Å²) in [4.78, 5) is 18.8. The lowest BCUT2D eigenvalue weighted by Gasteiger charge is -2.31. The average Bonchev–Trinajstić information content (AvgIpc) is 3.39. The van der Waals surface area contributed by atoms with E-state index < -0.39 is 0 Å². The Kier molecular flexibility index (Phi) is 4.75. The van der Waals surface area contributed by atoms with E-state index >= 15 is 0 Å². The van der Waals surface area contributed by atoms with Gasteiger partial charge < -0.3 is 24.8 Å². The number of fused-ring (bicyclic) bond motifs is 2. The normalized spacial score (nSPS) is 25.5. The number of carbonyl (C=O) groups excluding carboxylic acids is 1. The maximum absolute atomic E-state index is 11.7. The summed E-state index contributed by atoms with van der Waals surface area (Å²) < 4.78 is 9.03. The molecule has 4 aliphatic rings. The highest BCUT2D eigenvalue weighted by atomic mass is 16.5. The third-order valence-corrected chi connectivity index (χ3v) is 7.42. The zero-order valence-corrected chi connectivity index (χ0v) is 18.8. The highest BCUT2D eigenvalue weighted by Gasteiger charge is 2.36. The Labute approximate surface area is 188 Å². The molecule has 2 aromatic rings. The molecule has 0 bridgehead atoms. The van der Waals surface area contributed by atoms with Crippen LogP contribution in [0.4, 0.5) is 11.4 Å². The summed E-state index contributed by atoms with van der Waals surface area (Å²) in [5, 5.41) is 6.49. The van der Waals surface area contributed by atoms with Crippen molar-refractivity contribution in [3.8, 4) is 0 Å². The van der Waals surface area contributed by atoms with E-state index in [1.807, 2.05) is 6.33 Å². The topological polar surface area (TPSA) is 71.4 Å². The number of carbonyl (C=O) groups is 1. The molecule has 3 heterocycles. The Morgan fingerprint density at radius 2 is 2.09 bits per heavy atom. The van der Waals surface area contributed by atoms with Gasteiger partial charge in [0, 0.05) is 51.5 Å². The maximum Gasteiger partial charge on any atom is 0.220 e. The summed E-state index contributed by atoms with van der Waals surface area (Å²) in [5.74, 6) is 0.353. The first-order chi connectivity index (χ1) is 15.6. The number of amides is 1. The van der Waals surface area contributed by atoms with E-state index in [1.54, 1.807) is 0 Å². The Morgan fingerprint density at radius 3 is 2.88 bits per heavy atom. The van der Waals surface area contributed by atoms with Crippen LogP contribution in [0.5, 0.6) is 0 Å². The molecule has 3 atom stereocenters. The van der Waals surface area contributed by atoms with Gasteiger partial charge in [0.05, 0.1) is 35.2 Å². The number of imidazole rings is 1. The summed E-state index contributed by atoms with van der Waals surface area (Å²) in [6.07, 6.45) is 7.99. The number of hydrogen-bond donors (Lipinski definition) is 2. The zero-order valence-electron chi connectivity index (χ0n) is 18.8. The number of aromatic nitrogens is 2. The first kappa shape index (κ1) is 19.9. The van der Waals surface area contributed by atoms with Crippen LogP contribution in [0.3, 0.4) is 0 Å². The van der Waals surface area contributed by atoms with Gasteiger partial charge in [0.1, 0.15) is 6.10 Å². The van der Waals surface area contributed by atoms with Gasteiger partial charge in [0.25, 0.3) is 0 Å². The molecular formula is C25H31N5O2. The third kappa shape index (κ3) is 3.48. The SMILES string of the molecule is C[C@@H](O[C@@H]1CC(c2ccc3c(c2)NCCN3C)=Cc2ncn(C3CC3)c21)C1CNC(=O)C1. The quantitative estimate of drug-likeness (QED) is 0.754. The molecule has 2 aliphatic heterocycles. The predicted molar refractivity (Wildman–Crippen MR) is 126 cm³/mol. The van der Waals surface area contributed by atoms with Gasteiger partial charge in [-0.25, -0.2) is 4.98 Å². The van der Waals surface area contributed by atoms with E-state index in [1.165, 1.54) is 41.0 Å². The standard InChI is InChI=1S/C25H31N5O2/c1-15(18-12-24(31)27-13-18)32-23-11-17(10-21-25(23)30(14-28-21)19-4-5-19)16-3-6-22-20(9-16)26-7-8-29(22)2/h3,6,9-10,14-15,18-19,23,26H,4-5,7-8,11-13H2,1-2H3,(H,27,31)/t15-,18?,23-/m1/s1. The summed E-state index contributed by atoms with van der Waals surface area (Å²) >= 11 is 0. The smallest absolute Gasteiger partial charge is 0.220 e. The fourth-order valence-electron chi connectivity index (χ4n) is 5.32. The number of anilines is 2. The van der Waals surface area contributed by atoms with Crippen LogP contribution >= 0.6 is 0 Å². The van der Waals surface area contributed by atoms with Crippen LogP contribution in [0.15, 0.2) is 24.5 Å². The van der Waals surface area contributed by atoms with Crippen molar-refractivity contribution in [2.75, 3.05) is 36.9 Å². The largest absolute Gasteiger partial charge is 0.382 e. The number of nitrogens with zero attached hydrogens (tertiary/aromatic N) is 3. The first-order valence-corrected chi connectivity index (χ1v) is 11.9. The number of benzene rings is 1. The minimum Gasteiger partial charge on any atom is -0.382 e. The number of hydrogen-bond acceptors (Lipinski definition) is 5. The van der Waals surface area contributed by atoms with E-state index in [9.17, 15) is 4.79 Å². The second-order valence-electron chi connectivity index (χ2n) is 9.71. The number of nitrogens with one attached hydrogen (secondary N) is 2. The summed E-state index contributed by atoms with van der Waals surface area (Å²) in [6, 6.07) is 7.25. The highest BCUT2D eigenvalue weighted by molar-refractivity contribution is 5.87. The average molecular weight is 434 g/mol. The molecule has 7 nitrogen and oxygen atoms in total. The van der Waals surface area contributed by atoms with Crippen LogP contribution in [0, 0.1) is 5.92 Å². The molecule has 1 saturated carbocycles. The number of likely N-dealkylation sites (N-methyl/N-ethyl adjacent to an activating group) is 1. The van der Waals surface area contributed by atoms with Gasteiger partial charge in [-0.1, -0.05) is 6.07 Å². The summed E-state index contributed by atoms with van der Waals surface area (Å²) in [7, 11) is 2.14. The van der Waals surface area contributed by atoms with Crippen LogP contribution in [-0.2, 0) is 9.53 Å². The van der Waals surface area contributed by atoms with E-state index in [-0.39, 0.29) is 24.0 Å². The molecule has 0 radical (unpaired) electrons. The Bertz CT molecular complexity index is 1090. The molecule has 7 heteroatoms. The Morgan fingerprint density at radius 1 is 1.22 bits per heavy atom. The zero-order chi connectivity index (χ0) is 21.8. The summed E-state index contributed by atoms with van der Waals surface area (Å²) in [5.41, 5.74) is 7.14. The lowest BCUT2D eigenvalue weighted by Crippen LogP contribution is -2.30. The Balaban J connectivity index is 1.32. The molecule has 1 saturated heterocycles. The van der Waals surface area contributed by atoms with Gasteiger partial charge in [-0.15, -0.1) is 0 Å². The van der Waals surface area contributed by atoms with Gasteiger partial charge in [-0.3, -0.25) is 4.79 Å². The molecule has 0 spiro atoms. The number of rotatable bonds is 5. The number of ether oxygens (including phenoxy) is 1. The molecule has 2 fully saturated rings. The molecule has 32 heavy (non-hydrogen) atoms. The van der Waals surface area contributed by atoms with Crippen molar-refractivity contribution >= 4 is 28.9 Å². The van der Waals surface area contributed by atoms with Crippen molar-refractivity contribution < 1.29 is 9.53 Å². The second kappa shape index (κ2) is 7.66. The fourth-order valence-corrected chi connectivity index (χ4v) is 5.32. The van der Waals surface area contributed by atoms with Gasteiger partial charge in [-0.2, -0.15) is 0 Å². The van der Waals surface area contributed by atoms with Crippen LogP contribution in [0.2, 0.25) is 0 Å². The van der Waals surface area contributed by atoms with Gasteiger partial charge in [-0.05, 0) is 49.1 Å². The van der Waals surface area contributed by atoms with Crippen molar-refractivity contribution in [3.05, 3.63) is 41.5 Å². The van der Waals surface area contributed by atoms with E-state index in [0.717, 1.165) is 25.2 Å². The first-order valence-electron chi connectivity index (χ1n) is 11.9. The van der Waals surface area contributed by atoms with E-state index in [4.69, 9.17) is 9.72 Å². The molecular weight excluding hydrogens is 402 g/mol. The van der Waals surface area contributed by atoms with Crippen molar-refractivity contribution in [2.45, 2.75) is 50.9 Å². The summed E-state index contributed by atoms with van der Waals surface area (Å²) in [6.45, 7) is 4.79. The van der Waals surface area contributed by atoms with Gasteiger partial charge in [0.2, 0.25) is 5.91 Å².